The van der Waals surface area contributed by atoms with E-state index in [1.165, 1.54) is 0 Å². The van der Waals surface area contributed by atoms with Crippen molar-refractivity contribution in [1.29, 1.82) is 0 Å². The number of aliphatic carboxylic acids is 1. The summed E-state index contributed by atoms with van der Waals surface area (Å²) in [5.74, 6) is -0.875. The number of piperidine rings is 1. The Kier molecular flexibility index (Phi) is 5.17. The molecule has 1 atom stereocenters. The molecule has 1 fully saturated rings. The van der Waals surface area contributed by atoms with Crippen molar-refractivity contribution in [1.82, 2.24) is 4.90 Å². The molecule has 1 unspecified atom stereocenters. The first-order valence-corrected chi connectivity index (χ1v) is 8.72. The zero-order valence-corrected chi connectivity index (χ0v) is 14.2. The predicted octanol–water partition coefficient (Wildman–Crippen LogP) is 3.63. The van der Waals surface area contributed by atoms with Gasteiger partial charge in [0.25, 0.3) is 5.91 Å². The van der Waals surface area contributed by atoms with Gasteiger partial charge in [0.15, 0.2) is 0 Å². The molecule has 0 spiro atoms. The van der Waals surface area contributed by atoms with Crippen LogP contribution < -0.4 is 0 Å². The third-order valence-corrected chi connectivity index (χ3v) is 5.07. The molecule has 1 aliphatic heterocycles. The molecule has 25 heavy (non-hydrogen) atoms. The summed E-state index contributed by atoms with van der Waals surface area (Å²) < 4.78 is 0. The first kappa shape index (κ1) is 17.2. The van der Waals surface area contributed by atoms with E-state index in [4.69, 9.17) is 0 Å². The van der Waals surface area contributed by atoms with E-state index in [1.54, 1.807) is 17.0 Å². The summed E-state index contributed by atoms with van der Waals surface area (Å²) in [5.41, 5.74) is 0.889. The number of carbonyl (C=O) groups is 2. The van der Waals surface area contributed by atoms with E-state index < -0.39 is 11.4 Å². The normalized spacial score (nSPS) is 20.2. The Morgan fingerprint density at radius 3 is 2.28 bits per heavy atom. The number of carboxylic acid groups (broad SMARTS) is 1. The minimum Gasteiger partial charge on any atom is -0.481 e. The van der Waals surface area contributed by atoms with Crippen LogP contribution in [0.4, 0.5) is 0 Å². The molecule has 4 nitrogen and oxygen atoms in total. The summed E-state index contributed by atoms with van der Waals surface area (Å²) in [6, 6.07) is 19.0. The second-order valence-electron chi connectivity index (χ2n) is 6.77. The van der Waals surface area contributed by atoms with Crippen molar-refractivity contribution < 1.29 is 14.7 Å². The van der Waals surface area contributed by atoms with Gasteiger partial charge in [0, 0.05) is 18.7 Å². The van der Waals surface area contributed by atoms with Gasteiger partial charge in [-0.15, -0.1) is 0 Å². The molecule has 4 heteroatoms. The van der Waals surface area contributed by atoms with E-state index in [0.717, 1.165) is 12.0 Å². The molecule has 3 rings (SSSR count). The second-order valence-corrected chi connectivity index (χ2v) is 6.77. The Morgan fingerprint density at radius 2 is 1.64 bits per heavy atom. The second kappa shape index (κ2) is 7.51. The Hall–Kier alpha value is -2.62. The number of hydrogen-bond acceptors (Lipinski definition) is 2. The molecule has 1 amide bonds. The van der Waals surface area contributed by atoms with Crippen molar-refractivity contribution in [2.24, 2.45) is 5.41 Å². The molecular formula is C21H23NO3. The monoisotopic (exact) mass is 337 g/mol. The highest BCUT2D eigenvalue weighted by Gasteiger charge is 2.43. The van der Waals surface area contributed by atoms with Crippen LogP contribution in [0.3, 0.4) is 0 Å². The van der Waals surface area contributed by atoms with Gasteiger partial charge >= 0.3 is 5.97 Å². The van der Waals surface area contributed by atoms with Crippen LogP contribution in [0, 0.1) is 5.41 Å². The van der Waals surface area contributed by atoms with Crippen molar-refractivity contribution in [2.75, 3.05) is 13.1 Å². The maximum atomic E-state index is 12.7. The van der Waals surface area contributed by atoms with Gasteiger partial charge in [0.05, 0.1) is 5.41 Å². The van der Waals surface area contributed by atoms with Gasteiger partial charge in [-0.2, -0.15) is 0 Å². The molecule has 0 aromatic heterocycles. The number of amides is 1. The van der Waals surface area contributed by atoms with Crippen LogP contribution in [0.5, 0.6) is 0 Å². The lowest BCUT2D eigenvalue weighted by molar-refractivity contribution is -0.152. The number of carbonyl (C=O) groups excluding carboxylic acids is 1. The van der Waals surface area contributed by atoms with Gasteiger partial charge in [-0.05, 0) is 43.4 Å². The average Bonchev–Trinajstić information content (AvgIpc) is 2.67. The number of aryl methyl sites for hydroxylation is 1. The summed E-state index contributed by atoms with van der Waals surface area (Å²) >= 11 is 0. The lowest BCUT2D eigenvalue weighted by Gasteiger charge is -2.40. The molecule has 1 aliphatic rings. The van der Waals surface area contributed by atoms with Gasteiger partial charge in [-0.3, -0.25) is 9.59 Å². The maximum absolute atomic E-state index is 12.7. The Bertz CT molecular complexity index is 729. The predicted molar refractivity (Wildman–Crippen MR) is 96.4 cm³/mol. The van der Waals surface area contributed by atoms with Crippen molar-refractivity contribution in [3.63, 3.8) is 0 Å². The summed E-state index contributed by atoms with van der Waals surface area (Å²) in [4.78, 5) is 26.5. The van der Waals surface area contributed by atoms with E-state index >= 15 is 0 Å². The topological polar surface area (TPSA) is 57.6 Å². The molecular weight excluding hydrogens is 314 g/mol. The summed E-state index contributed by atoms with van der Waals surface area (Å²) in [6.45, 7) is 0.900. The third kappa shape index (κ3) is 3.90. The van der Waals surface area contributed by atoms with Crippen molar-refractivity contribution in [3.8, 4) is 0 Å². The average molecular weight is 337 g/mol. The number of benzene rings is 2. The first-order valence-electron chi connectivity index (χ1n) is 8.72. The molecule has 1 saturated heterocycles. The number of nitrogens with zero attached hydrogens (tertiary/aromatic N) is 1. The first-order chi connectivity index (χ1) is 12.1. The molecule has 0 aliphatic carbocycles. The maximum Gasteiger partial charge on any atom is 0.311 e. The molecule has 1 N–H and O–H groups in total. The molecule has 1 heterocycles. The Balaban J connectivity index is 1.75. The third-order valence-electron chi connectivity index (χ3n) is 5.07. The van der Waals surface area contributed by atoms with Crippen molar-refractivity contribution in [3.05, 3.63) is 71.8 Å². The lowest BCUT2D eigenvalue weighted by atomic mass is 9.75. The number of carboxylic acids is 1. The molecule has 0 bridgehead atoms. The van der Waals surface area contributed by atoms with Crippen LogP contribution in [0.2, 0.25) is 0 Å². The lowest BCUT2D eigenvalue weighted by Crippen LogP contribution is -2.50. The zero-order chi connectivity index (χ0) is 17.7. The van der Waals surface area contributed by atoms with Crippen LogP contribution in [0.25, 0.3) is 0 Å². The fraction of sp³-hybridized carbons (Fsp3) is 0.333. The van der Waals surface area contributed by atoms with Crippen LogP contribution in [0.1, 0.15) is 35.2 Å². The van der Waals surface area contributed by atoms with E-state index in [0.29, 0.717) is 31.4 Å². The standard InChI is InChI=1S/C21H23NO3/c23-19(18-10-5-2-6-11-18)22-15-7-13-21(16-22,20(24)25)14-12-17-8-3-1-4-9-17/h1-6,8-11H,7,12-16H2,(H,24,25). The minimum absolute atomic E-state index is 0.0781. The Labute approximate surface area is 148 Å². The summed E-state index contributed by atoms with van der Waals surface area (Å²) in [5, 5.41) is 9.90. The van der Waals surface area contributed by atoms with Gasteiger partial charge in [-0.1, -0.05) is 48.5 Å². The molecule has 0 saturated carbocycles. The number of rotatable bonds is 5. The van der Waals surface area contributed by atoms with Crippen LogP contribution >= 0.6 is 0 Å². The zero-order valence-electron chi connectivity index (χ0n) is 14.2. The van der Waals surface area contributed by atoms with E-state index in [1.807, 2.05) is 48.5 Å². The number of likely N-dealkylation sites (tertiary alicyclic amines) is 1. The summed E-state index contributed by atoms with van der Waals surface area (Å²) in [6.07, 6.45) is 2.60. The fourth-order valence-corrected chi connectivity index (χ4v) is 3.58. The molecule has 2 aromatic rings. The summed E-state index contributed by atoms with van der Waals surface area (Å²) in [7, 11) is 0. The van der Waals surface area contributed by atoms with E-state index in [2.05, 4.69) is 0 Å². The van der Waals surface area contributed by atoms with Gasteiger partial charge in [0.2, 0.25) is 0 Å². The molecule has 0 radical (unpaired) electrons. The molecule has 130 valence electrons. The SMILES string of the molecule is O=C(c1ccccc1)N1CCCC(CCc2ccccc2)(C(=O)O)C1. The van der Waals surface area contributed by atoms with Gasteiger partial charge in [0.1, 0.15) is 0 Å². The highest BCUT2D eigenvalue weighted by molar-refractivity contribution is 5.94. The minimum atomic E-state index is -0.863. The quantitative estimate of drug-likeness (QED) is 0.906. The van der Waals surface area contributed by atoms with Crippen molar-refractivity contribution >= 4 is 11.9 Å². The van der Waals surface area contributed by atoms with Crippen LogP contribution in [0.15, 0.2) is 60.7 Å². The van der Waals surface area contributed by atoms with Gasteiger partial charge in [-0.25, -0.2) is 0 Å². The van der Waals surface area contributed by atoms with Gasteiger partial charge < -0.3 is 10.0 Å². The fourth-order valence-electron chi connectivity index (χ4n) is 3.58. The van der Waals surface area contributed by atoms with Crippen molar-refractivity contribution in [2.45, 2.75) is 25.7 Å². The highest BCUT2D eigenvalue weighted by Crippen LogP contribution is 2.35. The Morgan fingerprint density at radius 1 is 1.00 bits per heavy atom. The smallest absolute Gasteiger partial charge is 0.311 e. The van der Waals surface area contributed by atoms with Crippen LogP contribution in [-0.2, 0) is 11.2 Å². The largest absolute Gasteiger partial charge is 0.481 e. The van der Waals surface area contributed by atoms with Crippen LogP contribution in [-0.4, -0.2) is 35.0 Å². The molecule has 2 aromatic carbocycles. The van der Waals surface area contributed by atoms with E-state index in [9.17, 15) is 14.7 Å². The highest BCUT2D eigenvalue weighted by atomic mass is 16.4. The van der Waals surface area contributed by atoms with E-state index in [-0.39, 0.29) is 12.5 Å². The number of hydrogen-bond donors (Lipinski definition) is 1.